The summed E-state index contributed by atoms with van der Waals surface area (Å²) in [7, 11) is 0. The summed E-state index contributed by atoms with van der Waals surface area (Å²) >= 11 is 1.82. The Morgan fingerprint density at radius 3 is 2.88 bits per heavy atom. The molecule has 2 aliphatic rings. The predicted molar refractivity (Wildman–Crippen MR) is 67.8 cm³/mol. The zero-order valence-electron chi connectivity index (χ0n) is 9.77. The SMILES string of the molecule is c1csc(CC2CCCN2C2CCCC2)n1. The Kier molecular flexibility index (Phi) is 3.25. The van der Waals surface area contributed by atoms with Gasteiger partial charge in [-0.25, -0.2) is 4.98 Å². The smallest absolute Gasteiger partial charge is 0.0940 e. The van der Waals surface area contributed by atoms with Gasteiger partial charge in [-0.2, -0.15) is 0 Å². The van der Waals surface area contributed by atoms with Crippen LogP contribution in [0.4, 0.5) is 0 Å². The maximum absolute atomic E-state index is 4.43. The van der Waals surface area contributed by atoms with Crippen molar-refractivity contribution in [2.75, 3.05) is 6.54 Å². The van der Waals surface area contributed by atoms with Gasteiger partial charge in [0, 0.05) is 30.1 Å². The predicted octanol–water partition coefficient (Wildman–Crippen LogP) is 3.09. The Morgan fingerprint density at radius 2 is 2.12 bits per heavy atom. The third-order valence-corrected chi connectivity index (χ3v) is 4.91. The van der Waals surface area contributed by atoms with Crippen LogP contribution in [0.2, 0.25) is 0 Å². The van der Waals surface area contributed by atoms with Crippen LogP contribution in [0.5, 0.6) is 0 Å². The number of likely N-dealkylation sites (tertiary alicyclic amines) is 1. The molecule has 3 heteroatoms. The second-order valence-electron chi connectivity index (χ2n) is 5.10. The molecule has 88 valence electrons. The molecule has 16 heavy (non-hydrogen) atoms. The molecule has 2 nitrogen and oxygen atoms in total. The lowest BCUT2D eigenvalue weighted by Crippen LogP contribution is -2.38. The van der Waals surface area contributed by atoms with Crippen LogP contribution < -0.4 is 0 Å². The highest BCUT2D eigenvalue weighted by Gasteiger charge is 2.32. The van der Waals surface area contributed by atoms with E-state index in [1.54, 1.807) is 0 Å². The molecule has 0 spiro atoms. The molecule has 1 aromatic heterocycles. The van der Waals surface area contributed by atoms with Crippen molar-refractivity contribution in [1.29, 1.82) is 0 Å². The van der Waals surface area contributed by atoms with E-state index in [1.807, 2.05) is 17.5 Å². The minimum atomic E-state index is 0.786. The fourth-order valence-electron chi connectivity index (χ4n) is 3.35. The maximum atomic E-state index is 4.43. The van der Waals surface area contributed by atoms with Crippen LogP contribution in [0, 0.1) is 0 Å². The largest absolute Gasteiger partial charge is 0.297 e. The summed E-state index contributed by atoms with van der Waals surface area (Å²) in [6.45, 7) is 1.33. The molecule has 0 amide bonds. The van der Waals surface area contributed by atoms with Crippen molar-refractivity contribution in [3.05, 3.63) is 16.6 Å². The van der Waals surface area contributed by atoms with Crippen molar-refractivity contribution in [3.63, 3.8) is 0 Å². The molecule has 1 aromatic rings. The Hall–Kier alpha value is -0.410. The van der Waals surface area contributed by atoms with Gasteiger partial charge in [0.25, 0.3) is 0 Å². The molecule has 0 aromatic carbocycles. The van der Waals surface area contributed by atoms with E-state index in [0.717, 1.165) is 12.1 Å². The highest BCUT2D eigenvalue weighted by Crippen LogP contribution is 2.31. The third-order valence-electron chi connectivity index (χ3n) is 4.11. The van der Waals surface area contributed by atoms with Gasteiger partial charge < -0.3 is 0 Å². The third kappa shape index (κ3) is 2.16. The van der Waals surface area contributed by atoms with Crippen LogP contribution in [0.25, 0.3) is 0 Å². The first-order chi connectivity index (χ1) is 7.93. The summed E-state index contributed by atoms with van der Waals surface area (Å²) in [6.07, 6.45) is 11.7. The van der Waals surface area contributed by atoms with Gasteiger partial charge in [-0.1, -0.05) is 12.8 Å². The number of rotatable bonds is 3. The van der Waals surface area contributed by atoms with Gasteiger partial charge in [-0.05, 0) is 32.2 Å². The molecule has 3 rings (SSSR count). The fourth-order valence-corrected chi connectivity index (χ4v) is 4.04. The van der Waals surface area contributed by atoms with E-state index in [-0.39, 0.29) is 0 Å². The van der Waals surface area contributed by atoms with Gasteiger partial charge in [0.1, 0.15) is 0 Å². The quantitative estimate of drug-likeness (QED) is 0.801. The fraction of sp³-hybridized carbons (Fsp3) is 0.769. The molecule has 0 N–H and O–H groups in total. The lowest BCUT2D eigenvalue weighted by molar-refractivity contribution is 0.180. The Labute approximate surface area is 102 Å². The molecule has 2 fully saturated rings. The highest BCUT2D eigenvalue weighted by atomic mass is 32.1. The molecular weight excluding hydrogens is 216 g/mol. The van der Waals surface area contributed by atoms with E-state index in [0.29, 0.717) is 0 Å². The average Bonchev–Trinajstić information content (AvgIpc) is 2.98. The second-order valence-corrected chi connectivity index (χ2v) is 6.08. The Bertz CT molecular complexity index is 317. The van der Waals surface area contributed by atoms with Crippen LogP contribution >= 0.6 is 11.3 Å². The van der Waals surface area contributed by atoms with E-state index in [4.69, 9.17) is 0 Å². The topological polar surface area (TPSA) is 16.1 Å². The summed E-state index contributed by atoms with van der Waals surface area (Å²) in [5.74, 6) is 0. The lowest BCUT2D eigenvalue weighted by atomic mass is 10.1. The van der Waals surface area contributed by atoms with Gasteiger partial charge in [0.2, 0.25) is 0 Å². The van der Waals surface area contributed by atoms with Crippen molar-refractivity contribution in [2.45, 2.75) is 57.0 Å². The van der Waals surface area contributed by atoms with E-state index in [9.17, 15) is 0 Å². The van der Waals surface area contributed by atoms with Crippen LogP contribution in [-0.4, -0.2) is 28.5 Å². The van der Waals surface area contributed by atoms with Crippen LogP contribution in [-0.2, 0) is 6.42 Å². The summed E-state index contributed by atoms with van der Waals surface area (Å²) in [5.41, 5.74) is 0. The molecule has 0 bridgehead atoms. The summed E-state index contributed by atoms with van der Waals surface area (Å²) < 4.78 is 0. The summed E-state index contributed by atoms with van der Waals surface area (Å²) in [5, 5.41) is 3.43. The minimum Gasteiger partial charge on any atom is -0.297 e. The van der Waals surface area contributed by atoms with Gasteiger partial charge in [-0.15, -0.1) is 11.3 Å². The molecule has 1 aliphatic heterocycles. The van der Waals surface area contributed by atoms with Crippen molar-refractivity contribution >= 4 is 11.3 Å². The number of hydrogen-bond donors (Lipinski definition) is 0. The number of thiazole rings is 1. The number of hydrogen-bond acceptors (Lipinski definition) is 3. The number of nitrogens with zero attached hydrogens (tertiary/aromatic N) is 2. The van der Waals surface area contributed by atoms with Crippen molar-refractivity contribution in [3.8, 4) is 0 Å². The van der Waals surface area contributed by atoms with Gasteiger partial charge >= 0.3 is 0 Å². The van der Waals surface area contributed by atoms with Gasteiger partial charge in [-0.3, -0.25) is 4.90 Å². The summed E-state index contributed by atoms with van der Waals surface area (Å²) in [6, 6.07) is 1.68. The van der Waals surface area contributed by atoms with E-state index in [2.05, 4.69) is 15.3 Å². The summed E-state index contributed by atoms with van der Waals surface area (Å²) in [4.78, 5) is 7.22. The standard InChI is InChI=1S/C13H20N2S/c1-2-5-11(4-1)15-8-3-6-12(15)10-13-14-7-9-16-13/h7,9,11-12H,1-6,8,10H2. The molecule has 0 radical (unpaired) electrons. The molecule has 2 heterocycles. The first kappa shape index (κ1) is 10.7. The van der Waals surface area contributed by atoms with Crippen molar-refractivity contribution in [2.24, 2.45) is 0 Å². The molecular formula is C13H20N2S. The van der Waals surface area contributed by atoms with Crippen LogP contribution in [0.1, 0.15) is 43.5 Å². The zero-order chi connectivity index (χ0) is 10.8. The highest BCUT2D eigenvalue weighted by molar-refractivity contribution is 7.09. The van der Waals surface area contributed by atoms with Crippen molar-refractivity contribution < 1.29 is 0 Å². The lowest BCUT2D eigenvalue weighted by Gasteiger charge is -2.30. The molecule has 1 atom stereocenters. The molecule has 1 unspecified atom stereocenters. The van der Waals surface area contributed by atoms with Gasteiger partial charge in [0.15, 0.2) is 0 Å². The zero-order valence-corrected chi connectivity index (χ0v) is 10.6. The molecule has 1 saturated carbocycles. The number of aromatic nitrogens is 1. The van der Waals surface area contributed by atoms with E-state index in [1.165, 1.54) is 56.5 Å². The maximum Gasteiger partial charge on any atom is 0.0940 e. The van der Waals surface area contributed by atoms with Crippen LogP contribution in [0.3, 0.4) is 0 Å². The monoisotopic (exact) mass is 236 g/mol. The molecule has 1 aliphatic carbocycles. The second kappa shape index (κ2) is 4.84. The molecule has 1 saturated heterocycles. The van der Waals surface area contributed by atoms with E-state index < -0.39 is 0 Å². The van der Waals surface area contributed by atoms with Crippen molar-refractivity contribution in [1.82, 2.24) is 9.88 Å². The Balaban J connectivity index is 1.64. The van der Waals surface area contributed by atoms with Crippen LogP contribution in [0.15, 0.2) is 11.6 Å². The average molecular weight is 236 g/mol. The normalized spacial score (nSPS) is 27.9. The first-order valence-corrected chi connectivity index (χ1v) is 7.45. The first-order valence-electron chi connectivity index (χ1n) is 6.57. The minimum absolute atomic E-state index is 0.786. The van der Waals surface area contributed by atoms with Gasteiger partial charge in [0.05, 0.1) is 5.01 Å². The Morgan fingerprint density at radius 1 is 1.25 bits per heavy atom. The van der Waals surface area contributed by atoms with E-state index >= 15 is 0 Å².